The number of H-pyrrole nitrogens is 1. The lowest BCUT2D eigenvalue weighted by Crippen LogP contribution is -2.40. The Kier molecular flexibility index (Phi) is 4.99. The minimum absolute atomic E-state index is 0.0164. The molecule has 2 rings (SSSR count). The van der Waals surface area contributed by atoms with Crippen molar-refractivity contribution >= 4 is 11.6 Å². The van der Waals surface area contributed by atoms with Gasteiger partial charge in [0, 0.05) is 11.3 Å². The molecule has 116 valence electrons. The topological polar surface area (TPSA) is 53.2 Å². The Hall–Kier alpha value is -1.42. The molecule has 0 amide bonds. The van der Waals surface area contributed by atoms with Crippen LogP contribution >= 0.6 is 0 Å². The molecule has 0 saturated carbocycles. The normalized spacial score (nSPS) is 18.3. The zero-order chi connectivity index (χ0) is 15.6. The highest BCUT2D eigenvalue weighted by atomic mass is 16.1. The molecule has 1 saturated heterocycles. The molecular formula is C17H26N2O2. The fourth-order valence-corrected chi connectivity index (χ4v) is 3.38. The van der Waals surface area contributed by atoms with E-state index in [4.69, 9.17) is 0 Å². The first-order valence-electron chi connectivity index (χ1n) is 7.91. The molecule has 0 aliphatic carbocycles. The predicted octanol–water partition coefficient (Wildman–Crippen LogP) is 3.28. The number of nitrogens with zero attached hydrogens (tertiary/aromatic N) is 1. The molecule has 1 unspecified atom stereocenters. The number of aromatic nitrogens is 1. The maximum Gasteiger partial charge on any atom is 0.196 e. The highest BCUT2D eigenvalue weighted by Crippen LogP contribution is 2.22. The van der Waals surface area contributed by atoms with Gasteiger partial charge < -0.3 is 4.98 Å². The zero-order valence-electron chi connectivity index (χ0n) is 13.6. The van der Waals surface area contributed by atoms with Gasteiger partial charge in [0.25, 0.3) is 0 Å². The zero-order valence-corrected chi connectivity index (χ0v) is 13.6. The van der Waals surface area contributed by atoms with Crippen molar-refractivity contribution in [1.29, 1.82) is 0 Å². The van der Waals surface area contributed by atoms with Crippen LogP contribution in [0.25, 0.3) is 0 Å². The third kappa shape index (κ3) is 3.26. The van der Waals surface area contributed by atoms with Crippen molar-refractivity contribution in [2.24, 2.45) is 0 Å². The number of aromatic amines is 1. The van der Waals surface area contributed by atoms with E-state index in [9.17, 15) is 9.59 Å². The van der Waals surface area contributed by atoms with Gasteiger partial charge in [0.05, 0.1) is 11.7 Å². The first kappa shape index (κ1) is 16.0. The number of aryl methyl sites for hydroxylation is 1. The van der Waals surface area contributed by atoms with E-state index < -0.39 is 0 Å². The van der Waals surface area contributed by atoms with E-state index in [2.05, 4.69) is 9.88 Å². The molecule has 1 aliphatic rings. The number of hydrogen-bond acceptors (Lipinski definition) is 3. The lowest BCUT2D eigenvalue weighted by atomic mass is 10.0. The fraction of sp³-hybridized carbons (Fsp3) is 0.647. The minimum Gasteiger partial charge on any atom is -0.355 e. The van der Waals surface area contributed by atoms with Crippen LogP contribution in [0.1, 0.15) is 71.6 Å². The van der Waals surface area contributed by atoms with E-state index in [0.29, 0.717) is 11.3 Å². The molecule has 1 N–H and O–H groups in total. The second-order valence-electron chi connectivity index (χ2n) is 6.17. The van der Waals surface area contributed by atoms with Crippen molar-refractivity contribution in [3.05, 3.63) is 22.5 Å². The van der Waals surface area contributed by atoms with Gasteiger partial charge in [0.2, 0.25) is 0 Å². The number of nitrogens with one attached hydrogen (secondary N) is 1. The van der Waals surface area contributed by atoms with Crippen molar-refractivity contribution < 1.29 is 9.59 Å². The summed E-state index contributed by atoms with van der Waals surface area (Å²) >= 11 is 0. The maximum absolute atomic E-state index is 12.8. The van der Waals surface area contributed by atoms with Crippen molar-refractivity contribution in [2.75, 3.05) is 13.1 Å². The molecule has 1 fully saturated rings. The lowest BCUT2D eigenvalue weighted by molar-refractivity contribution is 0.0837. The summed E-state index contributed by atoms with van der Waals surface area (Å²) in [6, 6.07) is -0.125. The van der Waals surface area contributed by atoms with Gasteiger partial charge in [-0.1, -0.05) is 12.8 Å². The largest absolute Gasteiger partial charge is 0.355 e. The summed E-state index contributed by atoms with van der Waals surface area (Å²) in [7, 11) is 0. The third-order valence-electron chi connectivity index (χ3n) is 4.60. The Balaban J connectivity index is 2.23. The molecule has 1 aromatic heterocycles. The van der Waals surface area contributed by atoms with E-state index >= 15 is 0 Å². The molecule has 0 aromatic carbocycles. The summed E-state index contributed by atoms with van der Waals surface area (Å²) in [5.74, 6) is 0.118. The standard InChI is InChI=1S/C17H26N2O2/c1-11-15(14(4)20)12(2)18-16(11)17(21)13(3)19-9-7-5-6-8-10-19/h13,18H,5-10H2,1-4H3. The van der Waals surface area contributed by atoms with Crippen molar-refractivity contribution in [2.45, 2.75) is 59.4 Å². The molecule has 0 bridgehead atoms. The van der Waals surface area contributed by atoms with Crippen LogP contribution in [0.15, 0.2) is 0 Å². The van der Waals surface area contributed by atoms with Crippen LogP contribution in [0, 0.1) is 13.8 Å². The first-order valence-corrected chi connectivity index (χ1v) is 7.91. The molecule has 0 spiro atoms. The average Bonchev–Trinajstić information content (AvgIpc) is 2.63. The van der Waals surface area contributed by atoms with Crippen LogP contribution in [0.4, 0.5) is 0 Å². The summed E-state index contributed by atoms with van der Waals surface area (Å²) in [5.41, 5.74) is 2.87. The van der Waals surface area contributed by atoms with Crippen molar-refractivity contribution in [1.82, 2.24) is 9.88 Å². The smallest absolute Gasteiger partial charge is 0.196 e. The van der Waals surface area contributed by atoms with Crippen LogP contribution < -0.4 is 0 Å². The van der Waals surface area contributed by atoms with Crippen LogP contribution in [0.5, 0.6) is 0 Å². The number of hydrogen-bond donors (Lipinski definition) is 1. The molecule has 1 aromatic rings. The number of likely N-dealkylation sites (tertiary alicyclic amines) is 1. The van der Waals surface area contributed by atoms with Crippen LogP contribution in [0.2, 0.25) is 0 Å². The molecule has 4 nitrogen and oxygen atoms in total. The monoisotopic (exact) mass is 290 g/mol. The van der Waals surface area contributed by atoms with E-state index in [1.807, 2.05) is 20.8 Å². The van der Waals surface area contributed by atoms with E-state index in [1.165, 1.54) is 25.7 Å². The number of ketones is 2. The third-order valence-corrected chi connectivity index (χ3v) is 4.60. The number of carbonyl (C=O) groups excluding carboxylic acids is 2. The Morgan fingerprint density at radius 3 is 2.14 bits per heavy atom. The van der Waals surface area contributed by atoms with Gasteiger partial charge in [0.1, 0.15) is 0 Å². The molecule has 2 heterocycles. The highest BCUT2D eigenvalue weighted by molar-refractivity contribution is 6.05. The van der Waals surface area contributed by atoms with E-state index in [1.54, 1.807) is 6.92 Å². The SMILES string of the molecule is CC(=O)c1c(C)[nH]c(C(=O)C(C)N2CCCCCC2)c1C. The quantitative estimate of drug-likeness (QED) is 0.866. The lowest BCUT2D eigenvalue weighted by Gasteiger charge is -2.26. The van der Waals surface area contributed by atoms with Gasteiger partial charge >= 0.3 is 0 Å². The average molecular weight is 290 g/mol. The first-order chi connectivity index (χ1) is 9.93. The van der Waals surface area contributed by atoms with Crippen molar-refractivity contribution in [3.8, 4) is 0 Å². The molecule has 4 heteroatoms. The van der Waals surface area contributed by atoms with Crippen LogP contribution in [-0.4, -0.2) is 40.6 Å². The van der Waals surface area contributed by atoms with Gasteiger partial charge in [-0.2, -0.15) is 0 Å². The van der Waals surface area contributed by atoms with Gasteiger partial charge in [-0.15, -0.1) is 0 Å². The fourth-order valence-electron chi connectivity index (χ4n) is 3.38. The molecular weight excluding hydrogens is 264 g/mol. The van der Waals surface area contributed by atoms with E-state index in [0.717, 1.165) is 24.3 Å². The van der Waals surface area contributed by atoms with Gasteiger partial charge in [-0.05, 0) is 59.2 Å². The Morgan fingerprint density at radius 2 is 1.67 bits per heavy atom. The van der Waals surface area contributed by atoms with Gasteiger partial charge in [0.15, 0.2) is 11.6 Å². The Labute approximate surface area is 126 Å². The maximum atomic E-state index is 12.8. The van der Waals surface area contributed by atoms with Gasteiger partial charge in [-0.3, -0.25) is 14.5 Å². The molecule has 21 heavy (non-hydrogen) atoms. The number of rotatable bonds is 4. The molecule has 1 aliphatic heterocycles. The van der Waals surface area contributed by atoms with Crippen LogP contribution in [-0.2, 0) is 0 Å². The van der Waals surface area contributed by atoms with Gasteiger partial charge in [-0.25, -0.2) is 0 Å². The number of carbonyl (C=O) groups is 2. The Morgan fingerprint density at radius 1 is 1.10 bits per heavy atom. The number of Topliss-reactive ketones (excluding diaryl/α,β-unsaturated/α-hetero) is 2. The van der Waals surface area contributed by atoms with E-state index in [-0.39, 0.29) is 17.6 Å². The molecule has 0 radical (unpaired) electrons. The minimum atomic E-state index is -0.125. The van der Waals surface area contributed by atoms with Crippen molar-refractivity contribution in [3.63, 3.8) is 0 Å². The van der Waals surface area contributed by atoms with Crippen LogP contribution in [0.3, 0.4) is 0 Å². The summed E-state index contributed by atoms with van der Waals surface area (Å²) in [6.07, 6.45) is 4.84. The Bertz CT molecular complexity index is 537. The summed E-state index contributed by atoms with van der Waals surface area (Å²) in [4.78, 5) is 29.9. The summed E-state index contributed by atoms with van der Waals surface area (Å²) in [5, 5.41) is 0. The second-order valence-corrected chi connectivity index (χ2v) is 6.17. The summed E-state index contributed by atoms with van der Waals surface area (Å²) in [6.45, 7) is 9.24. The second kappa shape index (κ2) is 6.56. The highest BCUT2D eigenvalue weighted by Gasteiger charge is 2.27. The summed E-state index contributed by atoms with van der Waals surface area (Å²) < 4.78 is 0. The predicted molar refractivity (Wildman–Crippen MR) is 84.1 cm³/mol. The molecule has 1 atom stereocenters.